The molecule has 0 fully saturated rings. The maximum absolute atomic E-state index is 12.7. The minimum atomic E-state index is -3.84. The quantitative estimate of drug-likeness (QED) is 0.514. The zero-order valence-corrected chi connectivity index (χ0v) is 14.3. The number of aromatic nitrogens is 1. The highest BCUT2D eigenvalue weighted by Gasteiger charge is 2.17. The van der Waals surface area contributed by atoms with E-state index in [0.29, 0.717) is 21.3 Å². The summed E-state index contributed by atoms with van der Waals surface area (Å²) in [5, 5.41) is 11.1. The van der Waals surface area contributed by atoms with Gasteiger partial charge in [-0.3, -0.25) is 9.52 Å². The molecule has 3 aromatic carbocycles. The molecule has 1 heterocycles. The average Bonchev–Trinajstić information content (AvgIpc) is 2.94. The fourth-order valence-electron chi connectivity index (χ4n) is 2.65. The molecule has 0 aliphatic carbocycles. The molecule has 0 unspecified atom stereocenters. The third-order valence-electron chi connectivity index (χ3n) is 3.81. The van der Waals surface area contributed by atoms with E-state index in [0.717, 1.165) is 16.7 Å². The first-order valence-electron chi connectivity index (χ1n) is 7.30. The van der Waals surface area contributed by atoms with Gasteiger partial charge < -0.3 is 10.1 Å². The summed E-state index contributed by atoms with van der Waals surface area (Å²) in [6.45, 7) is 0. The Bertz CT molecular complexity index is 1270. The molecular formula is C17H12N2O4S2. The molecule has 4 rings (SSSR count). The van der Waals surface area contributed by atoms with Crippen LogP contribution in [0, 0.1) is 0 Å². The van der Waals surface area contributed by atoms with Crippen molar-refractivity contribution in [3.8, 4) is 5.75 Å². The standard InChI is InChI=1S/C17H12N2O4S2/c20-11-5-4-10-2-1-3-14(13(10)8-11)19-25(22,23)12-6-7-15-16(9-12)24-17(21)18-15/h1-9,19-20H,(H,18,21). The van der Waals surface area contributed by atoms with E-state index in [4.69, 9.17) is 0 Å². The maximum atomic E-state index is 12.7. The van der Waals surface area contributed by atoms with Crippen molar-refractivity contribution < 1.29 is 13.5 Å². The van der Waals surface area contributed by atoms with Crippen molar-refractivity contribution in [3.63, 3.8) is 0 Å². The van der Waals surface area contributed by atoms with E-state index in [1.165, 1.54) is 18.2 Å². The van der Waals surface area contributed by atoms with Crippen LogP contribution in [-0.2, 0) is 10.0 Å². The number of sulfonamides is 1. The number of hydrogen-bond acceptors (Lipinski definition) is 5. The summed E-state index contributed by atoms with van der Waals surface area (Å²) < 4.78 is 28.6. The molecule has 4 aromatic rings. The Morgan fingerprint density at radius 2 is 1.88 bits per heavy atom. The molecule has 126 valence electrons. The van der Waals surface area contributed by atoms with Crippen LogP contribution in [0.5, 0.6) is 5.75 Å². The van der Waals surface area contributed by atoms with Crippen LogP contribution in [0.3, 0.4) is 0 Å². The van der Waals surface area contributed by atoms with Gasteiger partial charge in [0.25, 0.3) is 10.0 Å². The summed E-state index contributed by atoms with van der Waals surface area (Å²) in [5.41, 5.74) is 0.972. The van der Waals surface area contributed by atoms with Crippen LogP contribution in [0.25, 0.3) is 21.0 Å². The first-order valence-corrected chi connectivity index (χ1v) is 9.60. The van der Waals surface area contributed by atoms with Gasteiger partial charge in [-0.1, -0.05) is 29.5 Å². The van der Waals surface area contributed by atoms with E-state index < -0.39 is 10.0 Å². The Balaban J connectivity index is 1.80. The van der Waals surface area contributed by atoms with Gasteiger partial charge in [0.05, 0.1) is 20.8 Å². The normalized spacial score (nSPS) is 11.8. The van der Waals surface area contributed by atoms with Crippen LogP contribution >= 0.6 is 11.3 Å². The summed E-state index contributed by atoms with van der Waals surface area (Å²) in [6.07, 6.45) is 0. The largest absolute Gasteiger partial charge is 0.508 e. The number of benzene rings is 3. The van der Waals surface area contributed by atoms with Crippen LogP contribution in [0.2, 0.25) is 0 Å². The minimum Gasteiger partial charge on any atom is -0.508 e. The summed E-state index contributed by atoms with van der Waals surface area (Å²) in [7, 11) is -3.84. The topological polar surface area (TPSA) is 99.3 Å². The Morgan fingerprint density at radius 1 is 1.04 bits per heavy atom. The molecule has 8 heteroatoms. The molecule has 0 aliphatic heterocycles. The third-order valence-corrected chi connectivity index (χ3v) is 6.02. The van der Waals surface area contributed by atoms with Crippen LogP contribution in [-0.4, -0.2) is 18.5 Å². The predicted molar refractivity (Wildman–Crippen MR) is 98.9 cm³/mol. The number of phenols is 1. The van der Waals surface area contributed by atoms with Crippen LogP contribution < -0.4 is 9.60 Å². The molecule has 3 N–H and O–H groups in total. The number of nitrogens with one attached hydrogen (secondary N) is 2. The Morgan fingerprint density at radius 3 is 2.72 bits per heavy atom. The first kappa shape index (κ1) is 15.7. The van der Waals surface area contributed by atoms with E-state index >= 15 is 0 Å². The highest BCUT2D eigenvalue weighted by Crippen LogP contribution is 2.29. The Hall–Kier alpha value is -2.84. The number of aromatic amines is 1. The van der Waals surface area contributed by atoms with Crippen molar-refractivity contribution in [1.29, 1.82) is 0 Å². The second-order valence-corrected chi connectivity index (χ2v) is 8.19. The second-order valence-electron chi connectivity index (χ2n) is 5.49. The van der Waals surface area contributed by atoms with Gasteiger partial charge >= 0.3 is 4.87 Å². The van der Waals surface area contributed by atoms with Crippen LogP contribution in [0.15, 0.2) is 64.3 Å². The summed E-state index contributed by atoms with van der Waals surface area (Å²) in [4.78, 5) is 13.9. The Labute approximate surface area is 146 Å². The van der Waals surface area contributed by atoms with Gasteiger partial charge in [-0.25, -0.2) is 8.42 Å². The Kier molecular flexibility index (Phi) is 3.52. The van der Waals surface area contributed by atoms with Gasteiger partial charge in [0, 0.05) is 5.39 Å². The molecule has 1 aromatic heterocycles. The molecule has 0 saturated carbocycles. The third kappa shape index (κ3) is 2.86. The lowest BCUT2D eigenvalue weighted by molar-refractivity contribution is 0.476. The van der Waals surface area contributed by atoms with Crippen molar-refractivity contribution in [2.24, 2.45) is 0 Å². The van der Waals surface area contributed by atoms with Gasteiger partial charge in [0.1, 0.15) is 5.75 Å². The lowest BCUT2D eigenvalue weighted by atomic mass is 10.1. The van der Waals surface area contributed by atoms with E-state index in [1.807, 2.05) is 6.07 Å². The van der Waals surface area contributed by atoms with E-state index in [1.54, 1.807) is 30.3 Å². The van der Waals surface area contributed by atoms with Crippen LogP contribution in [0.4, 0.5) is 5.69 Å². The second kappa shape index (κ2) is 5.61. The number of anilines is 1. The highest BCUT2D eigenvalue weighted by molar-refractivity contribution is 7.92. The average molecular weight is 372 g/mol. The molecule has 6 nitrogen and oxygen atoms in total. The van der Waals surface area contributed by atoms with E-state index in [9.17, 15) is 18.3 Å². The van der Waals surface area contributed by atoms with Crippen molar-refractivity contribution in [1.82, 2.24) is 4.98 Å². The lowest BCUT2D eigenvalue weighted by Crippen LogP contribution is -2.13. The minimum absolute atomic E-state index is 0.0534. The van der Waals surface area contributed by atoms with Gasteiger partial charge in [-0.2, -0.15) is 0 Å². The van der Waals surface area contributed by atoms with Gasteiger partial charge in [0.15, 0.2) is 0 Å². The monoisotopic (exact) mass is 372 g/mol. The molecule has 0 radical (unpaired) electrons. The van der Waals surface area contributed by atoms with Crippen molar-refractivity contribution in [3.05, 3.63) is 64.3 Å². The summed E-state index contributed by atoms with van der Waals surface area (Å²) in [5.74, 6) is 0.0534. The molecule has 0 spiro atoms. The number of rotatable bonds is 3. The molecular weight excluding hydrogens is 360 g/mol. The summed E-state index contributed by atoms with van der Waals surface area (Å²) >= 11 is 0.957. The zero-order valence-electron chi connectivity index (χ0n) is 12.7. The molecule has 0 saturated heterocycles. The number of thiazole rings is 1. The van der Waals surface area contributed by atoms with Crippen molar-refractivity contribution in [2.75, 3.05) is 4.72 Å². The first-order chi connectivity index (χ1) is 11.9. The van der Waals surface area contributed by atoms with E-state index in [-0.39, 0.29) is 15.5 Å². The molecule has 25 heavy (non-hydrogen) atoms. The highest BCUT2D eigenvalue weighted by atomic mass is 32.2. The predicted octanol–water partition coefficient (Wildman–Crippen LogP) is 3.25. The van der Waals surface area contributed by atoms with Crippen LogP contribution in [0.1, 0.15) is 0 Å². The molecule has 0 aliphatic rings. The van der Waals surface area contributed by atoms with Gasteiger partial charge in [-0.05, 0) is 41.8 Å². The summed E-state index contributed by atoms with van der Waals surface area (Å²) in [6, 6.07) is 14.4. The van der Waals surface area contributed by atoms with E-state index in [2.05, 4.69) is 9.71 Å². The van der Waals surface area contributed by atoms with Gasteiger partial charge in [-0.15, -0.1) is 0 Å². The number of phenolic OH excluding ortho intramolecular Hbond substituents is 1. The fourth-order valence-corrected chi connectivity index (χ4v) is 4.60. The maximum Gasteiger partial charge on any atom is 0.305 e. The van der Waals surface area contributed by atoms with Crippen molar-refractivity contribution in [2.45, 2.75) is 4.90 Å². The van der Waals surface area contributed by atoms with Gasteiger partial charge in [0.2, 0.25) is 0 Å². The molecule has 0 bridgehead atoms. The number of fused-ring (bicyclic) bond motifs is 2. The molecule has 0 amide bonds. The van der Waals surface area contributed by atoms with Crippen molar-refractivity contribution >= 4 is 48.0 Å². The zero-order chi connectivity index (χ0) is 17.6. The fraction of sp³-hybridized carbons (Fsp3) is 0. The SMILES string of the molecule is O=c1[nH]c2ccc(S(=O)(=O)Nc3cccc4ccc(O)cc34)cc2s1. The number of H-pyrrole nitrogens is 1. The number of hydrogen-bond donors (Lipinski definition) is 3. The number of aromatic hydroxyl groups is 1. The molecule has 0 atom stereocenters. The lowest BCUT2D eigenvalue weighted by Gasteiger charge is -2.11. The smallest absolute Gasteiger partial charge is 0.305 e.